The third-order valence-electron chi connectivity index (χ3n) is 11.4. The Morgan fingerprint density at radius 3 is 1.67 bits per heavy atom. The molecule has 0 spiro atoms. The molecule has 3 heteroatoms. The molecule has 0 aliphatic carbocycles. The van der Waals surface area contributed by atoms with Gasteiger partial charge in [-0.15, -0.1) is 11.3 Å². The third-order valence-corrected chi connectivity index (χ3v) is 12.5. The molecular weight excluding hydrogens is 673 g/mol. The second kappa shape index (κ2) is 11.3. The molecule has 250 valence electrons. The van der Waals surface area contributed by atoms with E-state index in [4.69, 9.17) is 4.98 Å². The second-order valence-electron chi connectivity index (χ2n) is 14.2. The fourth-order valence-corrected chi connectivity index (χ4v) is 10.3. The first-order valence-corrected chi connectivity index (χ1v) is 19.3. The normalized spacial score (nSPS) is 12.1. The summed E-state index contributed by atoms with van der Waals surface area (Å²) >= 11 is 1.90. The molecular formula is C51H30N2S. The molecule has 12 aromatic rings. The average molecular weight is 703 g/mol. The lowest BCUT2D eigenvalue weighted by Crippen LogP contribution is -1.99. The fraction of sp³-hybridized carbons (Fsp3) is 0. The van der Waals surface area contributed by atoms with E-state index < -0.39 is 0 Å². The standard InChI is InChI=1S/C51H30N2S/c1-2-14-31(15-3-1)32-26-28-33(29-27-32)41-30-45(52-42-23-11-8-18-36(41)42)53-43-24-12-9-21-39(43)48-46-37-19-6-4-16-34(37)35-17-5-7-20-38(35)47(46)49-40-22-10-13-25-44(40)54-51(49)50(48)53/h1-30H. The molecule has 9 aromatic carbocycles. The molecule has 2 nitrogen and oxygen atoms in total. The first-order valence-electron chi connectivity index (χ1n) is 18.5. The summed E-state index contributed by atoms with van der Waals surface area (Å²) in [7, 11) is 0. The zero-order valence-corrected chi connectivity index (χ0v) is 29.9. The Morgan fingerprint density at radius 2 is 0.926 bits per heavy atom. The van der Waals surface area contributed by atoms with Crippen LogP contribution < -0.4 is 0 Å². The van der Waals surface area contributed by atoms with E-state index in [0.717, 1.165) is 22.2 Å². The number of rotatable bonds is 3. The van der Waals surface area contributed by atoms with Crippen LogP contribution in [-0.4, -0.2) is 9.55 Å². The van der Waals surface area contributed by atoms with Crippen molar-refractivity contribution in [1.29, 1.82) is 0 Å². The highest BCUT2D eigenvalue weighted by atomic mass is 32.1. The fourth-order valence-electron chi connectivity index (χ4n) is 9.05. The van der Waals surface area contributed by atoms with Crippen molar-refractivity contribution in [3.63, 3.8) is 0 Å². The van der Waals surface area contributed by atoms with Gasteiger partial charge in [-0.2, -0.15) is 0 Å². The summed E-state index contributed by atoms with van der Waals surface area (Å²) in [5.41, 5.74) is 8.12. The Balaban J connectivity index is 1.27. The summed E-state index contributed by atoms with van der Waals surface area (Å²) in [6.07, 6.45) is 0. The maximum absolute atomic E-state index is 5.49. The molecule has 0 aliphatic heterocycles. The van der Waals surface area contributed by atoms with Crippen LogP contribution in [0.5, 0.6) is 0 Å². The van der Waals surface area contributed by atoms with Crippen molar-refractivity contribution in [3.8, 4) is 28.1 Å². The highest BCUT2D eigenvalue weighted by Gasteiger charge is 2.25. The number of hydrogen-bond acceptors (Lipinski definition) is 2. The van der Waals surface area contributed by atoms with Gasteiger partial charge in [-0.05, 0) is 68.1 Å². The van der Waals surface area contributed by atoms with E-state index in [2.05, 4.69) is 187 Å². The minimum atomic E-state index is 0.922. The van der Waals surface area contributed by atoms with Gasteiger partial charge in [-0.1, -0.05) is 158 Å². The number of hydrogen-bond donors (Lipinski definition) is 0. The average Bonchev–Trinajstić information content (AvgIpc) is 3.80. The largest absolute Gasteiger partial charge is 0.292 e. The number of thiophene rings is 1. The van der Waals surface area contributed by atoms with Crippen molar-refractivity contribution in [2.45, 2.75) is 0 Å². The van der Waals surface area contributed by atoms with E-state index >= 15 is 0 Å². The molecule has 0 aliphatic rings. The summed E-state index contributed by atoms with van der Waals surface area (Å²) in [6.45, 7) is 0. The number of fused-ring (bicyclic) bond motifs is 16. The molecule has 54 heavy (non-hydrogen) atoms. The van der Waals surface area contributed by atoms with Crippen LogP contribution >= 0.6 is 11.3 Å². The van der Waals surface area contributed by atoms with Crippen LogP contribution in [0.4, 0.5) is 0 Å². The Kier molecular flexibility index (Phi) is 6.25. The van der Waals surface area contributed by atoms with Crippen molar-refractivity contribution >= 4 is 96.5 Å². The molecule has 0 radical (unpaired) electrons. The van der Waals surface area contributed by atoms with E-state index in [0.29, 0.717) is 0 Å². The van der Waals surface area contributed by atoms with Gasteiger partial charge >= 0.3 is 0 Å². The molecule has 0 N–H and O–H groups in total. The lowest BCUT2D eigenvalue weighted by Gasteiger charge is -2.16. The molecule has 0 atom stereocenters. The van der Waals surface area contributed by atoms with Gasteiger partial charge in [0.2, 0.25) is 0 Å². The molecule has 0 saturated carbocycles. The van der Waals surface area contributed by atoms with Crippen molar-refractivity contribution in [1.82, 2.24) is 9.55 Å². The second-order valence-corrected chi connectivity index (χ2v) is 15.3. The van der Waals surface area contributed by atoms with Gasteiger partial charge < -0.3 is 0 Å². The topological polar surface area (TPSA) is 17.8 Å². The summed E-state index contributed by atoms with van der Waals surface area (Å²) in [4.78, 5) is 5.49. The Hall–Kier alpha value is -6.81. The van der Waals surface area contributed by atoms with Gasteiger partial charge in [0.15, 0.2) is 0 Å². The predicted molar refractivity (Wildman–Crippen MR) is 232 cm³/mol. The number of pyridine rings is 1. The van der Waals surface area contributed by atoms with Gasteiger partial charge in [0, 0.05) is 42.4 Å². The number of para-hydroxylation sites is 2. The SMILES string of the molecule is c1ccc(-c2ccc(-c3cc(-n4c5ccccc5c5c6c7ccccc7c7ccccc7c6c6c7ccccc7sc6c54)nc4ccccc34)cc2)cc1. The lowest BCUT2D eigenvalue weighted by molar-refractivity contribution is 1.11. The maximum Gasteiger partial charge on any atom is 0.138 e. The molecule has 3 aromatic heterocycles. The number of benzene rings is 9. The molecule has 0 fully saturated rings. The monoisotopic (exact) mass is 702 g/mol. The van der Waals surface area contributed by atoms with Crippen LogP contribution in [0.15, 0.2) is 182 Å². The summed E-state index contributed by atoms with van der Waals surface area (Å²) in [6, 6.07) is 66.3. The number of aromatic nitrogens is 2. The number of nitrogens with zero attached hydrogens (tertiary/aromatic N) is 2. The highest BCUT2D eigenvalue weighted by Crippen LogP contribution is 2.51. The minimum absolute atomic E-state index is 0.922. The van der Waals surface area contributed by atoms with E-state index in [1.165, 1.54) is 91.0 Å². The summed E-state index contributed by atoms with van der Waals surface area (Å²) in [5, 5.41) is 14.1. The van der Waals surface area contributed by atoms with Crippen molar-refractivity contribution in [3.05, 3.63) is 182 Å². The van der Waals surface area contributed by atoms with Gasteiger partial charge in [0.05, 0.1) is 21.3 Å². The predicted octanol–water partition coefficient (Wildman–Crippen LogP) is 14.5. The van der Waals surface area contributed by atoms with E-state index in [1.54, 1.807) is 0 Å². The molecule has 0 amide bonds. The zero-order chi connectivity index (χ0) is 35.3. The van der Waals surface area contributed by atoms with Crippen LogP contribution in [0.25, 0.3) is 113 Å². The van der Waals surface area contributed by atoms with E-state index in [-0.39, 0.29) is 0 Å². The van der Waals surface area contributed by atoms with Gasteiger partial charge in [-0.25, -0.2) is 4.98 Å². The van der Waals surface area contributed by atoms with Crippen molar-refractivity contribution < 1.29 is 0 Å². The van der Waals surface area contributed by atoms with Crippen molar-refractivity contribution in [2.75, 3.05) is 0 Å². The van der Waals surface area contributed by atoms with Crippen LogP contribution in [0.1, 0.15) is 0 Å². The summed E-state index contributed by atoms with van der Waals surface area (Å²) < 4.78 is 5.04. The quantitative estimate of drug-likeness (QED) is 0.168. The van der Waals surface area contributed by atoms with Crippen molar-refractivity contribution in [2.24, 2.45) is 0 Å². The summed E-state index contributed by atoms with van der Waals surface area (Å²) in [5.74, 6) is 0.922. The van der Waals surface area contributed by atoms with Crippen LogP contribution in [0.3, 0.4) is 0 Å². The Labute approximate surface area is 314 Å². The van der Waals surface area contributed by atoms with Crippen LogP contribution in [-0.2, 0) is 0 Å². The molecule has 3 heterocycles. The lowest BCUT2D eigenvalue weighted by atomic mass is 9.89. The smallest absolute Gasteiger partial charge is 0.138 e. The molecule has 12 rings (SSSR count). The van der Waals surface area contributed by atoms with E-state index in [9.17, 15) is 0 Å². The highest BCUT2D eigenvalue weighted by molar-refractivity contribution is 7.27. The first kappa shape index (κ1) is 29.7. The first-order chi connectivity index (χ1) is 26.8. The molecule has 0 bridgehead atoms. The van der Waals surface area contributed by atoms with Gasteiger partial charge in [-0.3, -0.25) is 4.57 Å². The maximum atomic E-state index is 5.49. The van der Waals surface area contributed by atoms with Gasteiger partial charge in [0.1, 0.15) is 5.82 Å². The Bertz CT molecular complexity index is 3480. The third kappa shape index (κ3) is 4.13. The van der Waals surface area contributed by atoms with Gasteiger partial charge in [0.25, 0.3) is 0 Å². The zero-order valence-electron chi connectivity index (χ0n) is 29.1. The van der Waals surface area contributed by atoms with E-state index in [1.807, 2.05) is 11.3 Å². The Morgan fingerprint density at radius 1 is 0.389 bits per heavy atom. The molecule has 0 unspecified atom stereocenters. The van der Waals surface area contributed by atoms with Crippen LogP contribution in [0, 0.1) is 0 Å². The molecule has 0 saturated heterocycles. The van der Waals surface area contributed by atoms with Crippen LogP contribution in [0.2, 0.25) is 0 Å². The minimum Gasteiger partial charge on any atom is -0.292 e.